The number of aromatic nitrogens is 2. The second-order valence-electron chi connectivity index (χ2n) is 4.44. The highest BCUT2D eigenvalue weighted by Crippen LogP contribution is 2.16. The van der Waals surface area contributed by atoms with Crippen molar-refractivity contribution in [3.63, 3.8) is 0 Å². The Kier molecular flexibility index (Phi) is 2.99. The zero-order valence-corrected chi connectivity index (χ0v) is 10.7. The Bertz CT molecular complexity index is 509. The molecule has 0 amide bonds. The summed E-state index contributed by atoms with van der Waals surface area (Å²) in [6, 6.07) is 6.74. The van der Waals surface area contributed by atoms with E-state index in [2.05, 4.69) is 55.0 Å². The highest BCUT2D eigenvalue weighted by atomic mass is 15.2. The average molecular weight is 217 g/mol. The van der Waals surface area contributed by atoms with Gasteiger partial charge in [-0.05, 0) is 38.0 Å². The van der Waals surface area contributed by atoms with E-state index in [9.17, 15) is 0 Å². The first-order valence-corrected chi connectivity index (χ1v) is 6.18. The van der Waals surface area contributed by atoms with E-state index in [1.807, 2.05) is 0 Å². The molecule has 2 nitrogen and oxygen atoms in total. The Balaban J connectivity index is 2.75. The number of hydrogen-bond donors (Lipinski definition) is 0. The Hall–Kier alpha value is -1.31. The molecule has 86 valence electrons. The van der Waals surface area contributed by atoms with Crippen molar-refractivity contribution >= 4 is 11.0 Å². The van der Waals surface area contributed by atoms with Crippen LogP contribution in [0.3, 0.4) is 0 Å². The molecule has 1 aromatic heterocycles. The van der Waals surface area contributed by atoms with Gasteiger partial charge in [0.05, 0.1) is 13.1 Å². The fourth-order valence-electron chi connectivity index (χ4n) is 2.48. The maximum atomic E-state index is 2.43. The molecule has 0 unspecified atom stereocenters. The zero-order valence-electron chi connectivity index (χ0n) is 10.7. The molecule has 1 heterocycles. The molecule has 2 heteroatoms. The van der Waals surface area contributed by atoms with Crippen molar-refractivity contribution in [3.05, 3.63) is 29.6 Å². The lowest BCUT2D eigenvalue weighted by molar-refractivity contribution is -0.678. The number of aryl methyl sites for hydroxylation is 3. The van der Waals surface area contributed by atoms with E-state index in [1.165, 1.54) is 28.8 Å². The van der Waals surface area contributed by atoms with Gasteiger partial charge in [0, 0.05) is 6.92 Å². The third-order valence-electron chi connectivity index (χ3n) is 3.26. The smallest absolute Gasteiger partial charge is 0.228 e. The second-order valence-corrected chi connectivity index (χ2v) is 4.44. The lowest BCUT2D eigenvalue weighted by Crippen LogP contribution is -2.36. The van der Waals surface area contributed by atoms with E-state index in [0.717, 1.165) is 13.1 Å². The minimum atomic E-state index is 1.04. The predicted molar refractivity (Wildman–Crippen MR) is 67.6 cm³/mol. The summed E-state index contributed by atoms with van der Waals surface area (Å²) >= 11 is 0. The number of rotatable bonds is 3. The standard InChI is InChI=1S/C14H21N2/c1-5-9-16-12(4)15(6-2)14-10-11(3)7-8-13(14)16/h7-8,10H,5-6,9H2,1-4H3/q+1. The molecule has 0 aliphatic carbocycles. The number of fused-ring (bicyclic) bond motifs is 1. The van der Waals surface area contributed by atoms with Crippen LogP contribution >= 0.6 is 0 Å². The van der Waals surface area contributed by atoms with Crippen LogP contribution in [0.1, 0.15) is 31.7 Å². The minimum Gasteiger partial charge on any atom is -0.228 e. The van der Waals surface area contributed by atoms with Crippen LogP contribution in [-0.2, 0) is 13.1 Å². The quantitative estimate of drug-likeness (QED) is 0.699. The molecule has 0 bridgehead atoms. The molecule has 0 atom stereocenters. The number of imidazole rings is 1. The Morgan fingerprint density at radius 1 is 1.19 bits per heavy atom. The Morgan fingerprint density at radius 2 is 1.94 bits per heavy atom. The summed E-state index contributed by atoms with van der Waals surface area (Å²) < 4.78 is 4.83. The van der Waals surface area contributed by atoms with Crippen LogP contribution in [0.15, 0.2) is 18.2 Å². The summed E-state index contributed by atoms with van der Waals surface area (Å²) in [5.41, 5.74) is 4.07. The van der Waals surface area contributed by atoms with Crippen LogP contribution in [0.25, 0.3) is 11.0 Å². The first kappa shape index (κ1) is 11.2. The fourth-order valence-corrected chi connectivity index (χ4v) is 2.48. The highest BCUT2D eigenvalue weighted by molar-refractivity contribution is 5.73. The summed E-state index contributed by atoms with van der Waals surface area (Å²) in [6.45, 7) is 11.0. The first-order chi connectivity index (χ1) is 7.69. The second kappa shape index (κ2) is 4.28. The first-order valence-electron chi connectivity index (χ1n) is 6.18. The zero-order chi connectivity index (χ0) is 11.7. The highest BCUT2D eigenvalue weighted by Gasteiger charge is 2.19. The van der Waals surface area contributed by atoms with Gasteiger partial charge < -0.3 is 0 Å². The average Bonchev–Trinajstić information content (AvgIpc) is 2.52. The van der Waals surface area contributed by atoms with Crippen LogP contribution in [0.4, 0.5) is 0 Å². The van der Waals surface area contributed by atoms with E-state index in [-0.39, 0.29) is 0 Å². The molecule has 0 saturated carbocycles. The molecule has 0 aliphatic heterocycles. The van der Waals surface area contributed by atoms with Crippen LogP contribution < -0.4 is 4.57 Å². The molecule has 0 saturated heterocycles. The number of nitrogens with zero attached hydrogens (tertiary/aromatic N) is 2. The van der Waals surface area contributed by atoms with Crippen molar-refractivity contribution < 1.29 is 4.57 Å². The molecule has 1 aromatic carbocycles. The molecule has 0 N–H and O–H groups in total. The van der Waals surface area contributed by atoms with E-state index in [0.29, 0.717) is 0 Å². The molecule has 0 radical (unpaired) electrons. The Morgan fingerprint density at radius 3 is 2.56 bits per heavy atom. The molecule has 0 aliphatic rings. The van der Waals surface area contributed by atoms with Gasteiger partial charge in [0.1, 0.15) is 0 Å². The molecule has 16 heavy (non-hydrogen) atoms. The van der Waals surface area contributed by atoms with Gasteiger partial charge in [-0.2, -0.15) is 0 Å². The lowest BCUT2D eigenvalue weighted by atomic mass is 10.2. The fraction of sp³-hybridized carbons (Fsp3) is 0.500. The maximum absolute atomic E-state index is 2.43. The van der Waals surface area contributed by atoms with Gasteiger partial charge in [-0.1, -0.05) is 13.0 Å². The molecular weight excluding hydrogens is 196 g/mol. The van der Waals surface area contributed by atoms with Crippen molar-refractivity contribution in [1.82, 2.24) is 4.57 Å². The third-order valence-corrected chi connectivity index (χ3v) is 3.26. The van der Waals surface area contributed by atoms with Gasteiger partial charge >= 0.3 is 0 Å². The molecular formula is C14H21N2+. The summed E-state index contributed by atoms with van der Waals surface area (Å²) in [4.78, 5) is 0. The summed E-state index contributed by atoms with van der Waals surface area (Å²) in [7, 11) is 0. The van der Waals surface area contributed by atoms with Crippen molar-refractivity contribution in [1.29, 1.82) is 0 Å². The van der Waals surface area contributed by atoms with Crippen LogP contribution in [0.2, 0.25) is 0 Å². The minimum absolute atomic E-state index is 1.04. The Labute approximate surface area is 97.5 Å². The van der Waals surface area contributed by atoms with Crippen molar-refractivity contribution in [2.45, 2.75) is 47.2 Å². The van der Waals surface area contributed by atoms with Crippen LogP contribution in [0.5, 0.6) is 0 Å². The van der Waals surface area contributed by atoms with E-state index in [1.54, 1.807) is 0 Å². The van der Waals surface area contributed by atoms with Gasteiger partial charge in [0.15, 0.2) is 11.0 Å². The van der Waals surface area contributed by atoms with Gasteiger partial charge in [0.25, 0.3) is 5.82 Å². The van der Waals surface area contributed by atoms with Gasteiger partial charge in [-0.15, -0.1) is 0 Å². The topological polar surface area (TPSA) is 8.81 Å². The maximum Gasteiger partial charge on any atom is 0.254 e. The summed E-state index contributed by atoms with van der Waals surface area (Å²) in [5.74, 6) is 1.37. The van der Waals surface area contributed by atoms with Gasteiger partial charge in [-0.3, -0.25) is 0 Å². The van der Waals surface area contributed by atoms with E-state index < -0.39 is 0 Å². The van der Waals surface area contributed by atoms with Gasteiger partial charge in [-0.25, -0.2) is 9.13 Å². The van der Waals surface area contributed by atoms with Crippen LogP contribution in [0, 0.1) is 13.8 Å². The van der Waals surface area contributed by atoms with Crippen molar-refractivity contribution in [2.75, 3.05) is 0 Å². The van der Waals surface area contributed by atoms with Crippen LogP contribution in [-0.4, -0.2) is 4.57 Å². The molecule has 0 spiro atoms. The molecule has 2 rings (SSSR count). The van der Waals surface area contributed by atoms with Crippen molar-refractivity contribution in [2.24, 2.45) is 0 Å². The summed E-state index contributed by atoms with van der Waals surface area (Å²) in [6.07, 6.45) is 1.18. The summed E-state index contributed by atoms with van der Waals surface area (Å²) in [5, 5.41) is 0. The van der Waals surface area contributed by atoms with Crippen molar-refractivity contribution in [3.8, 4) is 0 Å². The normalized spacial score (nSPS) is 11.2. The van der Waals surface area contributed by atoms with E-state index in [4.69, 9.17) is 0 Å². The molecule has 0 fully saturated rings. The molecule has 2 aromatic rings. The largest absolute Gasteiger partial charge is 0.254 e. The lowest BCUT2D eigenvalue weighted by Gasteiger charge is -1.96. The number of benzene rings is 1. The van der Waals surface area contributed by atoms with E-state index >= 15 is 0 Å². The third kappa shape index (κ3) is 1.62. The predicted octanol–water partition coefficient (Wildman–Crippen LogP) is 2.98. The SMILES string of the molecule is CCC[n+]1c(C)n(CC)c2cc(C)ccc21. The van der Waals surface area contributed by atoms with Gasteiger partial charge in [0.2, 0.25) is 0 Å². The monoisotopic (exact) mass is 217 g/mol. The number of hydrogen-bond acceptors (Lipinski definition) is 0.